The molecular formula is C40H51Cl2N3O5. The molecule has 0 aromatic heterocycles. The van der Waals surface area contributed by atoms with Crippen molar-refractivity contribution in [3.63, 3.8) is 0 Å². The van der Waals surface area contributed by atoms with E-state index in [2.05, 4.69) is 56.9 Å². The molecule has 10 heteroatoms. The van der Waals surface area contributed by atoms with Crippen molar-refractivity contribution in [1.82, 2.24) is 9.80 Å². The summed E-state index contributed by atoms with van der Waals surface area (Å²) in [5, 5.41) is 0.646. The van der Waals surface area contributed by atoms with E-state index in [-0.39, 0.29) is 48.5 Å². The smallest absolute Gasteiger partial charge is 0.260 e. The monoisotopic (exact) mass is 723 g/mol. The molecule has 2 heterocycles. The summed E-state index contributed by atoms with van der Waals surface area (Å²) in [6.45, 7) is 13.2. The largest absolute Gasteiger partial charge is 0.484 e. The minimum absolute atomic E-state index is 0. The molecule has 2 aliphatic carbocycles. The summed E-state index contributed by atoms with van der Waals surface area (Å²) in [7, 11) is 0. The minimum atomic E-state index is -0.346. The van der Waals surface area contributed by atoms with Crippen molar-refractivity contribution < 1.29 is 23.8 Å². The van der Waals surface area contributed by atoms with E-state index in [9.17, 15) is 9.59 Å². The van der Waals surface area contributed by atoms with Crippen LogP contribution in [0.4, 0.5) is 0 Å². The number of aryl methyl sites for hydroxylation is 1. The van der Waals surface area contributed by atoms with Gasteiger partial charge in [-0.05, 0) is 102 Å². The second-order valence-corrected chi connectivity index (χ2v) is 15.2. The van der Waals surface area contributed by atoms with Crippen molar-refractivity contribution >= 4 is 35.8 Å². The van der Waals surface area contributed by atoms with Gasteiger partial charge in [0.05, 0.1) is 0 Å². The van der Waals surface area contributed by atoms with Crippen LogP contribution in [-0.2, 0) is 28.0 Å². The van der Waals surface area contributed by atoms with Crippen LogP contribution in [0.3, 0.4) is 0 Å². The molecule has 4 aliphatic rings. The molecule has 2 aliphatic heterocycles. The zero-order valence-electron chi connectivity index (χ0n) is 29.7. The number of halogens is 2. The lowest BCUT2D eigenvalue weighted by Crippen LogP contribution is -2.54. The van der Waals surface area contributed by atoms with Crippen LogP contribution in [0.1, 0.15) is 81.5 Å². The number of fused-ring (bicyclic) bond motifs is 4. The Bertz CT molecular complexity index is 1660. The molecule has 8 nitrogen and oxygen atoms in total. The molecule has 3 unspecified atom stereocenters. The average molecular weight is 725 g/mol. The number of hydrogen-bond acceptors (Lipinski definition) is 6. The van der Waals surface area contributed by atoms with Crippen LogP contribution in [0.15, 0.2) is 60.7 Å². The minimum Gasteiger partial charge on any atom is -0.484 e. The molecule has 3 atom stereocenters. The Kier molecular flexibility index (Phi) is 12.0. The molecule has 0 bridgehead atoms. The van der Waals surface area contributed by atoms with Crippen LogP contribution in [0, 0.1) is 11.3 Å². The van der Waals surface area contributed by atoms with Gasteiger partial charge in [0.2, 0.25) is 12.7 Å². The number of amides is 2. The van der Waals surface area contributed by atoms with Gasteiger partial charge in [-0.15, -0.1) is 12.4 Å². The van der Waals surface area contributed by atoms with E-state index in [1.807, 2.05) is 17.0 Å². The third-order valence-electron chi connectivity index (χ3n) is 11.4. The first-order valence-electron chi connectivity index (χ1n) is 17.7. The lowest BCUT2D eigenvalue weighted by Gasteiger charge is -2.54. The number of nitrogens with two attached hydrogens (primary N) is 1. The molecular weight excluding hydrogens is 673 g/mol. The summed E-state index contributed by atoms with van der Waals surface area (Å²) in [5.41, 5.74) is 11.2. The van der Waals surface area contributed by atoms with Gasteiger partial charge >= 0.3 is 0 Å². The van der Waals surface area contributed by atoms with E-state index in [1.54, 1.807) is 24.3 Å². The van der Waals surface area contributed by atoms with E-state index in [1.165, 1.54) is 28.7 Å². The lowest BCUT2D eigenvalue weighted by molar-refractivity contribution is -0.136. The molecule has 0 radical (unpaired) electrons. The Morgan fingerprint density at radius 2 is 1.68 bits per heavy atom. The number of ether oxygens (including phenoxy) is 3. The zero-order valence-corrected chi connectivity index (χ0v) is 31.3. The van der Waals surface area contributed by atoms with Crippen LogP contribution in [0.25, 0.3) is 0 Å². The van der Waals surface area contributed by atoms with Crippen LogP contribution < -0.4 is 19.9 Å². The quantitative estimate of drug-likeness (QED) is 0.271. The van der Waals surface area contributed by atoms with Gasteiger partial charge in [0, 0.05) is 43.2 Å². The number of nitrogens with zero attached hydrogens (tertiary/aromatic N) is 2. The first-order valence-corrected chi connectivity index (χ1v) is 18.0. The number of carbonyl (C=O) groups is 2. The molecule has 1 saturated carbocycles. The van der Waals surface area contributed by atoms with E-state index >= 15 is 0 Å². The lowest BCUT2D eigenvalue weighted by atomic mass is 9.49. The number of benzene rings is 3. The third-order valence-corrected chi connectivity index (χ3v) is 11.6. The van der Waals surface area contributed by atoms with Crippen LogP contribution in [0.5, 0.6) is 17.2 Å². The Balaban J connectivity index is 0.000000195. The fraction of sp³-hybridized carbons (Fsp3) is 0.500. The van der Waals surface area contributed by atoms with E-state index in [0.29, 0.717) is 35.7 Å². The van der Waals surface area contributed by atoms with Crippen LogP contribution in [-0.4, -0.2) is 61.2 Å². The number of primary amides is 1. The standard InChI is InChI=1S/C20H21ClN2O4.C20H29NO.ClH/c21-16-2-4-17(5-3-16)25-13-20(24)23-9-7-22(8-10-23)12-15-1-6-18-19(11-15)27-14-26-18;1-13(2)14-6-8-16-15(12-14)7-9-17-19(16,3)10-5-11-20(17,4)18(21)22;/h1-6,11H,7-10,12-14H2;6,8,12-13,17H,5,7,9-11H2,1-4H3,(H2,21,22);1H. The maximum atomic E-state index is 12.4. The van der Waals surface area contributed by atoms with Gasteiger partial charge < -0.3 is 24.8 Å². The second kappa shape index (κ2) is 15.8. The Morgan fingerprint density at radius 3 is 2.38 bits per heavy atom. The highest BCUT2D eigenvalue weighted by Crippen LogP contribution is 2.57. The van der Waals surface area contributed by atoms with E-state index < -0.39 is 0 Å². The van der Waals surface area contributed by atoms with Crippen LogP contribution in [0.2, 0.25) is 5.02 Å². The Hall–Kier alpha value is -3.46. The number of piperazine rings is 1. The number of carbonyl (C=O) groups excluding carboxylic acids is 2. The fourth-order valence-corrected chi connectivity index (χ4v) is 8.51. The highest BCUT2D eigenvalue weighted by Gasteiger charge is 2.54. The van der Waals surface area contributed by atoms with Crippen LogP contribution >= 0.6 is 24.0 Å². The molecule has 2 amide bonds. The maximum absolute atomic E-state index is 12.4. The summed E-state index contributed by atoms with van der Waals surface area (Å²) in [6.07, 6.45) is 5.39. The van der Waals surface area contributed by atoms with Gasteiger partial charge in [0.1, 0.15) is 5.75 Å². The molecule has 3 aromatic rings. The maximum Gasteiger partial charge on any atom is 0.260 e. The predicted octanol–water partition coefficient (Wildman–Crippen LogP) is 7.52. The fourth-order valence-electron chi connectivity index (χ4n) is 8.39. The summed E-state index contributed by atoms with van der Waals surface area (Å²) in [5.74, 6) is 3.10. The molecule has 270 valence electrons. The normalized spacial score (nSPS) is 23.9. The van der Waals surface area contributed by atoms with Crippen molar-refractivity contribution in [1.29, 1.82) is 0 Å². The van der Waals surface area contributed by atoms with Gasteiger partial charge in [-0.2, -0.15) is 0 Å². The van der Waals surface area contributed by atoms with Gasteiger partial charge in [-0.3, -0.25) is 14.5 Å². The summed E-state index contributed by atoms with van der Waals surface area (Å²) < 4.78 is 16.3. The van der Waals surface area contributed by atoms with Crippen molar-refractivity contribution in [2.24, 2.45) is 17.1 Å². The van der Waals surface area contributed by atoms with Gasteiger partial charge in [-0.1, -0.05) is 70.0 Å². The summed E-state index contributed by atoms with van der Waals surface area (Å²) >= 11 is 5.85. The third kappa shape index (κ3) is 8.03. The van der Waals surface area contributed by atoms with Crippen molar-refractivity contribution in [3.05, 3.63) is 87.9 Å². The molecule has 7 rings (SSSR count). The molecule has 1 saturated heterocycles. The molecule has 2 fully saturated rings. The number of rotatable bonds is 7. The summed E-state index contributed by atoms with van der Waals surface area (Å²) in [4.78, 5) is 28.7. The summed E-state index contributed by atoms with van der Waals surface area (Å²) in [6, 6.07) is 20.1. The number of hydrogen-bond donors (Lipinski definition) is 1. The Labute approximate surface area is 308 Å². The van der Waals surface area contributed by atoms with E-state index in [0.717, 1.165) is 56.8 Å². The average Bonchev–Trinajstić information content (AvgIpc) is 3.56. The topological polar surface area (TPSA) is 94.3 Å². The van der Waals surface area contributed by atoms with E-state index in [4.69, 9.17) is 31.5 Å². The highest BCUT2D eigenvalue weighted by atomic mass is 35.5. The first-order chi connectivity index (χ1) is 23.5. The first kappa shape index (κ1) is 37.8. The Morgan fingerprint density at radius 1 is 0.960 bits per heavy atom. The second-order valence-electron chi connectivity index (χ2n) is 14.8. The molecule has 0 spiro atoms. The van der Waals surface area contributed by atoms with Gasteiger partial charge in [-0.25, -0.2) is 0 Å². The van der Waals surface area contributed by atoms with Gasteiger partial charge in [0.25, 0.3) is 5.91 Å². The predicted molar refractivity (Wildman–Crippen MR) is 199 cm³/mol. The SMILES string of the molecule is CC(C)c1ccc2c(c1)CCC1C(C)(C(N)=O)CCCC21C.Cl.O=C(COc1ccc(Cl)cc1)N1CCN(Cc2ccc3c(c2)OCO3)CC1. The van der Waals surface area contributed by atoms with Crippen molar-refractivity contribution in [3.8, 4) is 17.2 Å². The van der Waals surface area contributed by atoms with Crippen molar-refractivity contribution in [2.75, 3.05) is 39.6 Å². The molecule has 3 aromatic carbocycles. The molecule has 50 heavy (non-hydrogen) atoms. The van der Waals surface area contributed by atoms with Crippen molar-refractivity contribution in [2.45, 2.75) is 77.7 Å². The zero-order chi connectivity index (χ0) is 34.8. The molecule has 2 N–H and O–H groups in total. The highest BCUT2D eigenvalue weighted by molar-refractivity contribution is 6.30. The van der Waals surface area contributed by atoms with Gasteiger partial charge in [0.15, 0.2) is 18.1 Å².